The van der Waals surface area contributed by atoms with E-state index in [1.54, 1.807) is 0 Å². The summed E-state index contributed by atoms with van der Waals surface area (Å²) >= 11 is 0. The molecule has 0 unspecified atom stereocenters. The van der Waals surface area contributed by atoms with Gasteiger partial charge in [0.25, 0.3) is 0 Å². The van der Waals surface area contributed by atoms with Crippen LogP contribution in [0.15, 0.2) is 0 Å². The van der Waals surface area contributed by atoms with E-state index in [0.29, 0.717) is 6.04 Å². The highest BCUT2D eigenvalue weighted by Crippen LogP contribution is 2.28. The van der Waals surface area contributed by atoms with Crippen molar-refractivity contribution < 1.29 is 4.74 Å². The van der Waals surface area contributed by atoms with Gasteiger partial charge in [-0.2, -0.15) is 0 Å². The predicted molar refractivity (Wildman–Crippen MR) is 86.3 cm³/mol. The molecule has 4 nitrogen and oxygen atoms in total. The highest BCUT2D eigenvalue weighted by molar-refractivity contribution is 4.99. The van der Waals surface area contributed by atoms with E-state index in [4.69, 9.17) is 4.74 Å². The number of morpholine rings is 1. The summed E-state index contributed by atoms with van der Waals surface area (Å²) in [4.78, 5) is 0. The lowest BCUT2D eigenvalue weighted by Crippen LogP contribution is -2.61. The number of ether oxygens (including phenoxy) is 1. The van der Waals surface area contributed by atoms with Crippen molar-refractivity contribution in [3.8, 4) is 0 Å². The molecule has 0 bridgehead atoms. The van der Waals surface area contributed by atoms with Crippen LogP contribution in [0.1, 0.15) is 53.9 Å². The molecule has 20 heavy (non-hydrogen) atoms. The van der Waals surface area contributed by atoms with E-state index < -0.39 is 0 Å². The van der Waals surface area contributed by atoms with Crippen molar-refractivity contribution in [2.45, 2.75) is 71.0 Å². The van der Waals surface area contributed by atoms with Gasteiger partial charge in [0, 0.05) is 30.2 Å². The van der Waals surface area contributed by atoms with Crippen LogP contribution >= 0.6 is 0 Å². The molecule has 0 aromatic carbocycles. The Balaban J connectivity index is 0.000000276. The molecular weight excluding hydrogens is 250 g/mol. The molecule has 0 atom stereocenters. The number of piperidine rings is 1. The van der Waals surface area contributed by atoms with E-state index in [-0.39, 0.29) is 11.1 Å². The average molecular weight is 285 g/mol. The van der Waals surface area contributed by atoms with Crippen LogP contribution < -0.4 is 16.0 Å². The molecule has 2 aliphatic rings. The van der Waals surface area contributed by atoms with Gasteiger partial charge >= 0.3 is 0 Å². The van der Waals surface area contributed by atoms with Gasteiger partial charge in [-0.1, -0.05) is 6.92 Å². The highest BCUT2D eigenvalue weighted by Gasteiger charge is 2.37. The third-order valence-electron chi connectivity index (χ3n) is 3.72. The minimum absolute atomic E-state index is 0.271. The quantitative estimate of drug-likeness (QED) is 0.741. The molecule has 0 aromatic rings. The molecule has 3 N–H and O–H groups in total. The van der Waals surface area contributed by atoms with Gasteiger partial charge in [0.05, 0.1) is 13.2 Å². The number of hydrogen-bond acceptors (Lipinski definition) is 4. The van der Waals surface area contributed by atoms with Crippen LogP contribution in [0.25, 0.3) is 0 Å². The minimum Gasteiger partial charge on any atom is -0.379 e. The summed E-state index contributed by atoms with van der Waals surface area (Å²) in [5.41, 5.74) is 0.542. The van der Waals surface area contributed by atoms with Gasteiger partial charge in [0.2, 0.25) is 0 Å². The molecule has 0 radical (unpaired) electrons. The van der Waals surface area contributed by atoms with Crippen LogP contribution in [-0.2, 0) is 4.74 Å². The van der Waals surface area contributed by atoms with E-state index in [1.165, 1.54) is 19.3 Å². The van der Waals surface area contributed by atoms with Gasteiger partial charge in [-0.05, 0) is 53.5 Å². The Morgan fingerprint density at radius 2 is 1.60 bits per heavy atom. The van der Waals surface area contributed by atoms with Crippen molar-refractivity contribution in [3.63, 3.8) is 0 Å². The Hall–Kier alpha value is -0.160. The maximum Gasteiger partial charge on any atom is 0.0591 e. The van der Waals surface area contributed by atoms with Crippen LogP contribution in [0.2, 0.25) is 0 Å². The van der Waals surface area contributed by atoms with E-state index in [2.05, 4.69) is 50.6 Å². The zero-order chi connectivity index (χ0) is 15.1. The van der Waals surface area contributed by atoms with Crippen LogP contribution in [-0.4, -0.2) is 50.0 Å². The monoisotopic (exact) mass is 285 g/mol. The van der Waals surface area contributed by atoms with Crippen LogP contribution in [0, 0.1) is 0 Å². The summed E-state index contributed by atoms with van der Waals surface area (Å²) in [6.07, 6.45) is 3.69. The van der Waals surface area contributed by atoms with Crippen molar-refractivity contribution in [2.24, 2.45) is 0 Å². The van der Waals surface area contributed by atoms with Gasteiger partial charge < -0.3 is 20.7 Å². The van der Waals surface area contributed by atoms with Crippen LogP contribution in [0.3, 0.4) is 0 Å². The number of rotatable bonds is 3. The van der Waals surface area contributed by atoms with Crippen molar-refractivity contribution >= 4 is 0 Å². The molecule has 0 aliphatic carbocycles. The molecule has 0 aromatic heterocycles. The zero-order valence-electron chi connectivity index (χ0n) is 14.1. The Morgan fingerprint density at radius 1 is 1.05 bits per heavy atom. The Morgan fingerprint density at radius 3 is 1.95 bits per heavy atom. The summed E-state index contributed by atoms with van der Waals surface area (Å²) in [6, 6.07) is 0.682. The van der Waals surface area contributed by atoms with Crippen molar-refractivity contribution in [2.75, 3.05) is 32.8 Å². The van der Waals surface area contributed by atoms with E-state index in [0.717, 1.165) is 32.8 Å². The fourth-order valence-electron chi connectivity index (χ4n) is 3.33. The maximum atomic E-state index is 5.01. The fraction of sp³-hybridized carbons (Fsp3) is 1.00. The van der Waals surface area contributed by atoms with Gasteiger partial charge in [0.1, 0.15) is 0 Å². The molecule has 0 spiro atoms. The van der Waals surface area contributed by atoms with Crippen LogP contribution in [0.4, 0.5) is 0 Å². The average Bonchev–Trinajstić information content (AvgIpc) is 2.35. The largest absolute Gasteiger partial charge is 0.379 e. The normalized spacial score (nSPS) is 25.6. The number of nitrogens with one attached hydrogen (secondary N) is 3. The van der Waals surface area contributed by atoms with Gasteiger partial charge in [0.15, 0.2) is 0 Å². The molecule has 0 saturated carbocycles. The lowest BCUT2D eigenvalue weighted by molar-refractivity contribution is 0.109. The first-order valence-corrected chi connectivity index (χ1v) is 8.16. The standard InChI is InChI=1S/C12H26N2.C4H9NO/c1-6-7-13-10-8-11(2,3)14-12(4,5)9-10;1-3-6-4-2-5-1/h10,13-14H,6-9H2,1-5H3;5H,1-4H2. The Labute approximate surface area is 125 Å². The first-order valence-electron chi connectivity index (χ1n) is 8.16. The molecule has 4 heteroatoms. The first kappa shape index (κ1) is 17.9. The van der Waals surface area contributed by atoms with E-state index in [1.807, 2.05) is 0 Å². The maximum absolute atomic E-state index is 5.01. The SMILES string of the molecule is C1COCCN1.CCCNC1CC(C)(C)NC(C)(C)C1. The molecule has 2 fully saturated rings. The summed E-state index contributed by atoms with van der Waals surface area (Å²) in [5, 5.41) is 10.5. The summed E-state index contributed by atoms with van der Waals surface area (Å²) in [6.45, 7) is 16.4. The smallest absolute Gasteiger partial charge is 0.0591 e. The van der Waals surface area contributed by atoms with Crippen LogP contribution in [0.5, 0.6) is 0 Å². The zero-order valence-corrected chi connectivity index (χ0v) is 14.1. The molecule has 0 amide bonds. The summed E-state index contributed by atoms with van der Waals surface area (Å²) in [7, 11) is 0. The molecule has 2 rings (SSSR count). The molecular formula is C16H35N3O. The number of hydrogen-bond donors (Lipinski definition) is 3. The fourth-order valence-corrected chi connectivity index (χ4v) is 3.33. The van der Waals surface area contributed by atoms with Gasteiger partial charge in [-0.15, -0.1) is 0 Å². The third-order valence-corrected chi connectivity index (χ3v) is 3.72. The highest BCUT2D eigenvalue weighted by atomic mass is 16.5. The van der Waals surface area contributed by atoms with E-state index in [9.17, 15) is 0 Å². The molecule has 2 aliphatic heterocycles. The summed E-state index contributed by atoms with van der Waals surface area (Å²) in [5.74, 6) is 0. The summed E-state index contributed by atoms with van der Waals surface area (Å²) < 4.78 is 5.01. The Kier molecular flexibility index (Phi) is 7.45. The van der Waals surface area contributed by atoms with Crippen molar-refractivity contribution in [1.29, 1.82) is 0 Å². The predicted octanol–water partition coefficient (Wildman–Crippen LogP) is 1.90. The van der Waals surface area contributed by atoms with Crippen molar-refractivity contribution in [3.05, 3.63) is 0 Å². The topological polar surface area (TPSA) is 45.3 Å². The third kappa shape index (κ3) is 7.58. The molecule has 2 saturated heterocycles. The lowest BCUT2D eigenvalue weighted by Gasteiger charge is -2.46. The molecule has 120 valence electrons. The second-order valence-electron chi connectivity index (χ2n) is 7.31. The van der Waals surface area contributed by atoms with Gasteiger partial charge in [-0.3, -0.25) is 0 Å². The van der Waals surface area contributed by atoms with E-state index >= 15 is 0 Å². The van der Waals surface area contributed by atoms with Gasteiger partial charge in [-0.25, -0.2) is 0 Å². The second-order valence-corrected chi connectivity index (χ2v) is 7.31. The minimum atomic E-state index is 0.271. The van der Waals surface area contributed by atoms with Crippen molar-refractivity contribution in [1.82, 2.24) is 16.0 Å². The first-order chi connectivity index (χ1) is 9.35. The Bertz CT molecular complexity index is 235. The lowest BCUT2D eigenvalue weighted by atomic mass is 9.79. The molecule has 2 heterocycles. The second kappa shape index (κ2) is 8.32.